The molecular weight excluding hydrogens is 372 g/mol. The van der Waals surface area contributed by atoms with Crippen LogP contribution in [0.3, 0.4) is 0 Å². The zero-order chi connectivity index (χ0) is 20.8. The second-order valence-electron chi connectivity index (χ2n) is 7.03. The van der Waals surface area contributed by atoms with E-state index in [1.807, 2.05) is 4.57 Å². The fourth-order valence-electron chi connectivity index (χ4n) is 3.40. The van der Waals surface area contributed by atoms with Crippen molar-refractivity contribution < 1.29 is 19.1 Å². The van der Waals surface area contributed by atoms with Gasteiger partial charge in [-0.25, -0.2) is 4.98 Å². The molecule has 8 nitrogen and oxygen atoms in total. The number of hydrogen-bond donors (Lipinski definition) is 2. The minimum atomic E-state index is -0.380. The van der Waals surface area contributed by atoms with E-state index < -0.39 is 0 Å². The third kappa shape index (κ3) is 4.89. The standard InChI is InChI=1S/C21H26N4O4/c1-14(26)15-7-5-8-16(13-15)23-20(27)18-17-9-3-4-11-25(17)19(24-18)21(28)22-10-6-12-29-2/h5,7-8,13H,3-4,6,9-12H2,1-2H3,(H,22,28)(H,23,27). The number of ketones is 1. The van der Waals surface area contributed by atoms with Crippen LogP contribution in [0.25, 0.3) is 0 Å². The summed E-state index contributed by atoms with van der Waals surface area (Å²) in [6.07, 6.45) is 3.28. The van der Waals surface area contributed by atoms with E-state index >= 15 is 0 Å². The molecule has 1 aliphatic heterocycles. The Kier molecular flexibility index (Phi) is 6.77. The summed E-state index contributed by atoms with van der Waals surface area (Å²) in [6, 6.07) is 6.76. The van der Waals surface area contributed by atoms with Crippen molar-refractivity contribution in [2.75, 3.05) is 25.6 Å². The van der Waals surface area contributed by atoms with Gasteiger partial charge in [-0.3, -0.25) is 14.4 Å². The first-order valence-electron chi connectivity index (χ1n) is 9.80. The molecule has 0 atom stereocenters. The molecule has 2 N–H and O–H groups in total. The normalized spacial score (nSPS) is 12.9. The van der Waals surface area contributed by atoms with E-state index in [0.717, 1.165) is 18.5 Å². The molecule has 29 heavy (non-hydrogen) atoms. The van der Waals surface area contributed by atoms with Crippen LogP contribution in [0.2, 0.25) is 0 Å². The third-order valence-electron chi connectivity index (χ3n) is 4.87. The number of anilines is 1. The van der Waals surface area contributed by atoms with Gasteiger partial charge in [-0.2, -0.15) is 0 Å². The van der Waals surface area contributed by atoms with Crippen molar-refractivity contribution in [1.29, 1.82) is 0 Å². The summed E-state index contributed by atoms with van der Waals surface area (Å²) in [7, 11) is 1.61. The number of amides is 2. The molecule has 0 spiro atoms. The molecule has 154 valence electrons. The number of rotatable bonds is 8. The van der Waals surface area contributed by atoms with Crippen molar-refractivity contribution in [3.8, 4) is 0 Å². The summed E-state index contributed by atoms with van der Waals surface area (Å²) < 4.78 is 6.83. The Morgan fingerprint density at radius 1 is 1.21 bits per heavy atom. The van der Waals surface area contributed by atoms with Gasteiger partial charge in [-0.05, 0) is 44.7 Å². The number of ether oxygens (including phenoxy) is 1. The van der Waals surface area contributed by atoms with E-state index in [9.17, 15) is 14.4 Å². The maximum atomic E-state index is 12.9. The first-order valence-corrected chi connectivity index (χ1v) is 9.80. The second-order valence-corrected chi connectivity index (χ2v) is 7.03. The Morgan fingerprint density at radius 2 is 2.03 bits per heavy atom. The molecule has 1 aliphatic rings. The fourth-order valence-corrected chi connectivity index (χ4v) is 3.40. The number of methoxy groups -OCH3 is 1. The topological polar surface area (TPSA) is 102 Å². The largest absolute Gasteiger partial charge is 0.385 e. The van der Waals surface area contributed by atoms with Crippen LogP contribution in [0.5, 0.6) is 0 Å². The number of benzene rings is 1. The van der Waals surface area contributed by atoms with Gasteiger partial charge in [0.25, 0.3) is 11.8 Å². The molecule has 0 aliphatic carbocycles. The molecule has 8 heteroatoms. The lowest BCUT2D eigenvalue weighted by molar-refractivity contribution is 0.0932. The summed E-state index contributed by atoms with van der Waals surface area (Å²) in [5, 5.41) is 5.63. The average Bonchev–Trinajstić information content (AvgIpc) is 3.11. The van der Waals surface area contributed by atoms with Gasteiger partial charge < -0.3 is 19.9 Å². The lowest BCUT2D eigenvalue weighted by Crippen LogP contribution is -2.29. The third-order valence-corrected chi connectivity index (χ3v) is 4.87. The summed E-state index contributed by atoms with van der Waals surface area (Å²) >= 11 is 0. The van der Waals surface area contributed by atoms with Crippen LogP contribution >= 0.6 is 0 Å². The van der Waals surface area contributed by atoms with E-state index in [1.54, 1.807) is 31.4 Å². The molecule has 2 aromatic rings. The fraction of sp³-hybridized carbons (Fsp3) is 0.429. The smallest absolute Gasteiger partial charge is 0.287 e. The van der Waals surface area contributed by atoms with Gasteiger partial charge >= 0.3 is 0 Å². The van der Waals surface area contributed by atoms with Gasteiger partial charge in [0.1, 0.15) is 0 Å². The molecule has 0 saturated heterocycles. The highest BCUT2D eigenvalue weighted by Crippen LogP contribution is 2.22. The van der Waals surface area contributed by atoms with Gasteiger partial charge in [0.05, 0.1) is 5.69 Å². The number of nitrogens with one attached hydrogen (secondary N) is 2. The van der Waals surface area contributed by atoms with E-state index in [1.165, 1.54) is 6.92 Å². The van der Waals surface area contributed by atoms with Crippen LogP contribution in [-0.2, 0) is 17.7 Å². The Labute approximate surface area is 169 Å². The van der Waals surface area contributed by atoms with E-state index in [4.69, 9.17) is 4.74 Å². The molecule has 0 fully saturated rings. The number of fused-ring (bicyclic) bond motifs is 1. The zero-order valence-electron chi connectivity index (χ0n) is 16.8. The van der Waals surface area contributed by atoms with Crippen molar-refractivity contribution in [1.82, 2.24) is 14.9 Å². The molecule has 1 aromatic carbocycles. The average molecular weight is 398 g/mol. The Bertz CT molecular complexity index is 919. The summed E-state index contributed by atoms with van der Waals surface area (Å²) in [5.74, 6) is -0.482. The highest BCUT2D eigenvalue weighted by Gasteiger charge is 2.27. The summed E-state index contributed by atoms with van der Waals surface area (Å²) in [5.41, 5.74) is 2.08. The molecule has 3 rings (SSSR count). The molecule has 0 unspecified atom stereocenters. The monoisotopic (exact) mass is 398 g/mol. The van der Waals surface area contributed by atoms with Crippen molar-refractivity contribution in [2.45, 2.75) is 39.2 Å². The number of carbonyl (C=O) groups is 3. The minimum absolute atomic E-state index is 0.0760. The molecule has 2 heterocycles. The maximum Gasteiger partial charge on any atom is 0.287 e. The van der Waals surface area contributed by atoms with Crippen molar-refractivity contribution in [2.24, 2.45) is 0 Å². The van der Waals surface area contributed by atoms with E-state index in [2.05, 4.69) is 15.6 Å². The molecule has 0 radical (unpaired) electrons. The minimum Gasteiger partial charge on any atom is -0.385 e. The molecule has 0 bridgehead atoms. The van der Waals surface area contributed by atoms with Crippen LogP contribution in [0.1, 0.15) is 63.3 Å². The van der Waals surface area contributed by atoms with Gasteiger partial charge in [0.15, 0.2) is 17.3 Å². The van der Waals surface area contributed by atoms with Gasteiger partial charge in [-0.15, -0.1) is 0 Å². The lowest BCUT2D eigenvalue weighted by Gasteiger charge is -2.17. The Balaban J connectivity index is 1.81. The first-order chi connectivity index (χ1) is 14.0. The van der Waals surface area contributed by atoms with Crippen LogP contribution in [-0.4, -0.2) is 47.4 Å². The summed E-state index contributed by atoms with van der Waals surface area (Å²) in [4.78, 5) is 41.4. The van der Waals surface area contributed by atoms with E-state index in [-0.39, 0.29) is 29.1 Å². The molecule has 2 amide bonds. The van der Waals surface area contributed by atoms with Crippen molar-refractivity contribution >= 4 is 23.3 Å². The predicted molar refractivity (Wildman–Crippen MR) is 108 cm³/mol. The quantitative estimate of drug-likeness (QED) is 0.525. The number of Topliss-reactive ketones (excluding diaryl/α,β-unsaturated/α-hetero) is 1. The highest BCUT2D eigenvalue weighted by molar-refractivity contribution is 6.05. The molecular formula is C21H26N4O4. The summed E-state index contributed by atoms with van der Waals surface area (Å²) in [6.45, 7) is 3.18. The predicted octanol–water partition coefficient (Wildman–Crippen LogP) is 2.44. The molecule has 1 aromatic heterocycles. The van der Waals surface area contributed by atoms with Crippen molar-refractivity contribution in [3.63, 3.8) is 0 Å². The highest BCUT2D eigenvalue weighted by atomic mass is 16.5. The van der Waals surface area contributed by atoms with Crippen LogP contribution in [0, 0.1) is 0 Å². The number of nitrogens with zero attached hydrogens (tertiary/aromatic N) is 2. The van der Waals surface area contributed by atoms with Crippen molar-refractivity contribution in [3.05, 3.63) is 47.0 Å². The Morgan fingerprint density at radius 3 is 2.79 bits per heavy atom. The molecule has 0 saturated carbocycles. The number of imidazole rings is 1. The first kappa shape index (κ1) is 20.7. The van der Waals surface area contributed by atoms with Gasteiger partial charge in [0, 0.05) is 38.1 Å². The van der Waals surface area contributed by atoms with Crippen LogP contribution in [0.4, 0.5) is 5.69 Å². The number of hydrogen-bond acceptors (Lipinski definition) is 5. The van der Waals surface area contributed by atoms with Crippen LogP contribution in [0.15, 0.2) is 24.3 Å². The second kappa shape index (κ2) is 9.47. The Hall–Kier alpha value is -3.00. The number of aromatic nitrogens is 2. The maximum absolute atomic E-state index is 12.9. The van der Waals surface area contributed by atoms with Gasteiger partial charge in [-0.1, -0.05) is 12.1 Å². The van der Waals surface area contributed by atoms with Crippen LogP contribution < -0.4 is 10.6 Å². The number of carbonyl (C=O) groups excluding carboxylic acids is 3. The SMILES string of the molecule is COCCCNC(=O)c1nc(C(=O)Nc2cccc(C(C)=O)c2)c2n1CCCC2. The van der Waals surface area contributed by atoms with E-state index in [0.29, 0.717) is 43.8 Å². The lowest BCUT2D eigenvalue weighted by atomic mass is 10.1. The zero-order valence-corrected chi connectivity index (χ0v) is 16.8. The van der Waals surface area contributed by atoms with Gasteiger partial charge in [0.2, 0.25) is 0 Å².